The third-order valence-electron chi connectivity index (χ3n) is 6.07. The van der Waals surface area contributed by atoms with E-state index >= 15 is 0 Å². The summed E-state index contributed by atoms with van der Waals surface area (Å²) < 4.78 is 8.42. The maximum absolute atomic E-state index is 6.04. The zero-order valence-electron chi connectivity index (χ0n) is 19.7. The molecule has 0 bridgehead atoms. The number of aryl methyl sites for hydroxylation is 2. The molecule has 32 heavy (non-hydrogen) atoms. The van der Waals surface area contributed by atoms with Crippen LogP contribution in [0.1, 0.15) is 55.6 Å². The highest BCUT2D eigenvalue weighted by atomic mass is 16.5. The van der Waals surface area contributed by atoms with Crippen molar-refractivity contribution in [1.29, 1.82) is 0 Å². The van der Waals surface area contributed by atoms with Gasteiger partial charge in [-0.2, -0.15) is 0 Å². The van der Waals surface area contributed by atoms with E-state index in [1.165, 1.54) is 22.2 Å². The Bertz CT molecular complexity index is 1160. The largest absolute Gasteiger partial charge is 0.493 e. The van der Waals surface area contributed by atoms with E-state index in [2.05, 4.69) is 86.9 Å². The van der Waals surface area contributed by atoms with Gasteiger partial charge in [0.15, 0.2) is 0 Å². The van der Waals surface area contributed by atoms with Gasteiger partial charge in [-0.25, -0.2) is 4.98 Å². The van der Waals surface area contributed by atoms with Gasteiger partial charge in [0, 0.05) is 12.5 Å². The Labute approximate surface area is 192 Å². The molecule has 0 unspecified atom stereocenters. The summed E-state index contributed by atoms with van der Waals surface area (Å²) in [6.45, 7) is 10.5. The van der Waals surface area contributed by atoms with Crippen LogP contribution in [0, 0.1) is 12.8 Å². The summed E-state index contributed by atoms with van der Waals surface area (Å²) in [7, 11) is 0. The number of hydrogen-bond acceptors (Lipinski definition) is 2. The first-order chi connectivity index (χ1) is 15.5. The average molecular weight is 427 g/mol. The predicted octanol–water partition coefficient (Wildman–Crippen LogP) is 7.16. The molecule has 0 aliphatic carbocycles. The van der Waals surface area contributed by atoms with Crippen molar-refractivity contribution in [2.24, 2.45) is 5.92 Å². The summed E-state index contributed by atoms with van der Waals surface area (Å²) in [5.74, 6) is 2.99. The summed E-state index contributed by atoms with van der Waals surface area (Å²) >= 11 is 0. The standard InChI is InChI=1S/C29H34N2O/c1-21(2)20-24-14-16-25(17-15-24)23(4)29-30-26-11-6-7-12-27(26)31(29)18-9-19-32-28-13-8-5-10-22(28)3/h5-8,10-17,21,23H,9,18-20H2,1-4H3/t23-/m0/s1. The first kappa shape index (κ1) is 22.1. The molecule has 4 rings (SSSR count). The van der Waals surface area contributed by atoms with E-state index in [4.69, 9.17) is 9.72 Å². The third kappa shape index (κ3) is 5.04. The fraction of sp³-hybridized carbons (Fsp3) is 0.345. The van der Waals surface area contributed by atoms with E-state index in [0.29, 0.717) is 12.5 Å². The number of aromatic nitrogens is 2. The highest BCUT2D eigenvalue weighted by molar-refractivity contribution is 5.76. The SMILES string of the molecule is Cc1ccccc1OCCCn1c([C@@H](C)c2ccc(CC(C)C)cc2)nc2ccccc21. The summed E-state index contributed by atoms with van der Waals surface area (Å²) in [5.41, 5.74) is 6.14. The minimum absolute atomic E-state index is 0.229. The molecule has 1 atom stereocenters. The van der Waals surface area contributed by atoms with Gasteiger partial charge in [0.2, 0.25) is 0 Å². The molecule has 0 saturated heterocycles. The number of benzene rings is 3. The van der Waals surface area contributed by atoms with Gasteiger partial charge in [-0.05, 0) is 60.6 Å². The fourth-order valence-electron chi connectivity index (χ4n) is 4.35. The van der Waals surface area contributed by atoms with Crippen molar-refractivity contribution in [3.8, 4) is 5.75 Å². The van der Waals surface area contributed by atoms with E-state index in [1.807, 2.05) is 18.2 Å². The van der Waals surface area contributed by atoms with Gasteiger partial charge in [-0.3, -0.25) is 0 Å². The molecule has 166 valence electrons. The summed E-state index contributed by atoms with van der Waals surface area (Å²) in [6.07, 6.45) is 2.05. The van der Waals surface area contributed by atoms with Crippen molar-refractivity contribution in [3.63, 3.8) is 0 Å². The van der Waals surface area contributed by atoms with Gasteiger partial charge in [0.05, 0.1) is 17.6 Å². The van der Waals surface area contributed by atoms with Crippen LogP contribution in [0.4, 0.5) is 0 Å². The lowest BCUT2D eigenvalue weighted by atomic mass is 9.96. The van der Waals surface area contributed by atoms with Crippen LogP contribution in [0.25, 0.3) is 11.0 Å². The number of fused-ring (bicyclic) bond motifs is 1. The molecule has 3 nitrogen and oxygen atoms in total. The first-order valence-corrected chi connectivity index (χ1v) is 11.8. The second-order valence-corrected chi connectivity index (χ2v) is 9.14. The van der Waals surface area contributed by atoms with Crippen molar-refractivity contribution < 1.29 is 4.74 Å². The molecule has 1 aromatic heterocycles. The van der Waals surface area contributed by atoms with E-state index in [-0.39, 0.29) is 5.92 Å². The zero-order valence-corrected chi connectivity index (χ0v) is 19.7. The second kappa shape index (κ2) is 10.0. The van der Waals surface area contributed by atoms with Crippen molar-refractivity contribution >= 4 is 11.0 Å². The second-order valence-electron chi connectivity index (χ2n) is 9.14. The molecule has 0 N–H and O–H groups in total. The lowest BCUT2D eigenvalue weighted by Gasteiger charge is -2.16. The van der Waals surface area contributed by atoms with Crippen LogP contribution in [0.2, 0.25) is 0 Å². The predicted molar refractivity (Wildman–Crippen MR) is 134 cm³/mol. The highest BCUT2D eigenvalue weighted by Gasteiger charge is 2.18. The number of rotatable bonds is 9. The van der Waals surface area contributed by atoms with Gasteiger partial charge in [0.1, 0.15) is 11.6 Å². The fourth-order valence-corrected chi connectivity index (χ4v) is 4.35. The molecule has 0 saturated carbocycles. The topological polar surface area (TPSA) is 27.1 Å². The Morgan fingerprint density at radius 2 is 1.59 bits per heavy atom. The van der Waals surface area contributed by atoms with Crippen molar-refractivity contribution in [1.82, 2.24) is 9.55 Å². The van der Waals surface area contributed by atoms with Crippen LogP contribution < -0.4 is 4.74 Å². The Hall–Kier alpha value is -3.07. The van der Waals surface area contributed by atoms with Gasteiger partial charge >= 0.3 is 0 Å². The van der Waals surface area contributed by atoms with Crippen LogP contribution in [-0.4, -0.2) is 16.2 Å². The summed E-state index contributed by atoms with van der Waals surface area (Å²) in [5, 5.41) is 0. The van der Waals surface area contributed by atoms with Crippen LogP contribution in [-0.2, 0) is 13.0 Å². The zero-order chi connectivity index (χ0) is 22.5. The van der Waals surface area contributed by atoms with E-state index in [0.717, 1.165) is 36.5 Å². The van der Waals surface area contributed by atoms with Gasteiger partial charge in [0.25, 0.3) is 0 Å². The maximum Gasteiger partial charge on any atom is 0.122 e. The van der Waals surface area contributed by atoms with E-state index < -0.39 is 0 Å². The lowest BCUT2D eigenvalue weighted by molar-refractivity contribution is 0.299. The normalized spacial score (nSPS) is 12.4. The molecule has 0 radical (unpaired) electrons. The Morgan fingerprint density at radius 3 is 2.34 bits per heavy atom. The molecule has 0 spiro atoms. The Kier molecular flexibility index (Phi) is 6.94. The van der Waals surface area contributed by atoms with Gasteiger partial charge in [-0.1, -0.05) is 75.4 Å². The molecule has 0 aliphatic heterocycles. The minimum atomic E-state index is 0.229. The van der Waals surface area contributed by atoms with Crippen molar-refractivity contribution in [2.75, 3.05) is 6.61 Å². The molecule has 4 aromatic rings. The van der Waals surface area contributed by atoms with Crippen molar-refractivity contribution in [2.45, 2.75) is 53.0 Å². The quantitative estimate of drug-likeness (QED) is 0.265. The van der Waals surface area contributed by atoms with Crippen LogP contribution >= 0.6 is 0 Å². The maximum atomic E-state index is 6.04. The third-order valence-corrected chi connectivity index (χ3v) is 6.07. The Morgan fingerprint density at radius 1 is 0.875 bits per heavy atom. The molecule has 3 heteroatoms. The van der Waals surface area contributed by atoms with Gasteiger partial charge < -0.3 is 9.30 Å². The number of para-hydroxylation sites is 3. The smallest absolute Gasteiger partial charge is 0.122 e. The van der Waals surface area contributed by atoms with E-state index in [1.54, 1.807) is 0 Å². The summed E-state index contributed by atoms with van der Waals surface area (Å²) in [6, 6.07) is 25.7. The molecular formula is C29H34N2O. The number of nitrogens with zero attached hydrogens (tertiary/aromatic N) is 2. The number of ether oxygens (including phenoxy) is 1. The molecule has 0 amide bonds. The van der Waals surface area contributed by atoms with Crippen LogP contribution in [0.5, 0.6) is 5.75 Å². The minimum Gasteiger partial charge on any atom is -0.493 e. The first-order valence-electron chi connectivity index (χ1n) is 11.8. The average Bonchev–Trinajstić information content (AvgIpc) is 3.16. The number of imidazole rings is 1. The molecular weight excluding hydrogens is 392 g/mol. The van der Waals surface area contributed by atoms with E-state index in [9.17, 15) is 0 Å². The molecule has 3 aromatic carbocycles. The monoisotopic (exact) mass is 426 g/mol. The Balaban J connectivity index is 1.52. The van der Waals surface area contributed by atoms with Gasteiger partial charge in [-0.15, -0.1) is 0 Å². The van der Waals surface area contributed by atoms with Crippen LogP contribution in [0.3, 0.4) is 0 Å². The molecule has 1 heterocycles. The number of hydrogen-bond donors (Lipinski definition) is 0. The van der Waals surface area contributed by atoms with Crippen LogP contribution in [0.15, 0.2) is 72.8 Å². The summed E-state index contributed by atoms with van der Waals surface area (Å²) in [4.78, 5) is 5.03. The molecule has 0 aliphatic rings. The lowest BCUT2D eigenvalue weighted by Crippen LogP contribution is -2.11. The highest BCUT2D eigenvalue weighted by Crippen LogP contribution is 2.28. The molecule has 0 fully saturated rings. The van der Waals surface area contributed by atoms with Crippen molar-refractivity contribution in [3.05, 3.63) is 95.3 Å².